The maximum atomic E-state index is 12.8. The molecule has 1 heterocycles. The van der Waals surface area contributed by atoms with Crippen molar-refractivity contribution in [3.63, 3.8) is 0 Å². The van der Waals surface area contributed by atoms with Crippen LogP contribution in [0, 0.1) is 5.92 Å². The summed E-state index contributed by atoms with van der Waals surface area (Å²) in [6, 6.07) is 7.15. The van der Waals surface area contributed by atoms with Gasteiger partial charge in [-0.1, -0.05) is 46.8 Å². The lowest BCUT2D eigenvalue weighted by Crippen LogP contribution is -2.55. The maximum absolute atomic E-state index is 12.8. The predicted octanol–water partition coefficient (Wildman–Crippen LogP) is 2.17. The zero-order valence-corrected chi connectivity index (χ0v) is 16.1. The molecule has 1 unspecified atom stereocenters. The van der Waals surface area contributed by atoms with Gasteiger partial charge in [-0.2, -0.15) is 0 Å². The number of rotatable bonds is 4. The monoisotopic (exact) mass is 345 g/mol. The van der Waals surface area contributed by atoms with Crippen molar-refractivity contribution in [3.05, 3.63) is 35.4 Å². The van der Waals surface area contributed by atoms with Gasteiger partial charge in [0.05, 0.1) is 0 Å². The molecule has 5 heteroatoms. The minimum atomic E-state index is -0.493. The highest BCUT2D eigenvalue weighted by Crippen LogP contribution is 2.22. The van der Waals surface area contributed by atoms with Crippen LogP contribution in [0.15, 0.2) is 24.3 Å². The number of benzene rings is 1. The molecule has 2 amide bonds. The first-order valence-electron chi connectivity index (χ1n) is 9.11. The van der Waals surface area contributed by atoms with E-state index in [-0.39, 0.29) is 23.1 Å². The molecule has 138 valence electrons. The highest BCUT2D eigenvalue weighted by atomic mass is 16.2. The summed E-state index contributed by atoms with van der Waals surface area (Å²) in [5.74, 6) is -0.140. The van der Waals surface area contributed by atoms with Crippen LogP contribution in [-0.4, -0.2) is 48.9 Å². The van der Waals surface area contributed by atoms with E-state index in [1.807, 2.05) is 43.0 Å². The zero-order valence-electron chi connectivity index (χ0n) is 16.1. The van der Waals surface area contributed by atoms with E-state index in [1.54, 1.807) is 0 Å². The third-order valence-electron chi connectivity index (χ3n) is 4.66. The highest BCUT2D eigenvalue weighted by molar-refractivity contribution is 5.97. The second kappa shape index (κ2) is 8.00. The molecule has 5 nitrogen and oxygen atoms in total. The Morgan fingerprint density at radius 2 is 1.64 bits per heavy atom. The van der Waals surface area contributed by atoms with Gasteiger partial charge in [0.25, 0.3) is 5.91 Å². The summed E-state index contributed by atoms with van der Waals surface area (Å²) in [5.41, 5.74) is 1.82. The van der Waals surface area contributed by atoms with E-state index >= 15 is 0 Å². The zero-order chi connectivity index (χ0) is 18.6. The first kappa shape index (κ1) is 19.4. The van der Waals surface area contributed by atoms with E-state index in [4.69, 9.17) is 0 Å². The number of amides is 2. The molecule has 25 heavy (non-hydrogen) atoms. The standard InChI is InChI=1S/C20H31N3O2/c1-14(2)17(19(25)23-12-10-21-11-13-23)22-18(24)15-6-8-16(9-7-15)20(3,4)5/h6-9,14,17,21H,10-13H2,1-5H3,(H,22,24). The van der Waals surface area contributed by atoms with Crippen molar-refractivity contribution < 1.29 is 9.59 Å². The normalized spacial score (nSPS) is 16.6. The Morgan fingerprint density at radius 1 is 1.08 bits per heavy atom. The Morgan fingerprint density at radius 3 is 2.12 bits per heavy atom. The average Bonchev–Trinajstić information content (AvgIpc) is 2.58. The van der Waals surface area contributed by atoms with Crippen LogP contribution in [0.5, 0.6) is 0 Å². The molecule has 1 aliphatic heterocycles. The molecule has 1 saturated heterocycles. The van der Waals surface area contributed by atoms with Crippen molar-refractivity contribution in [2.75, 3.05) is 26.2 Å². The fourth-order valence-corrected chi connectivity index (χ4v) is 2.94. The van der Waals surface area contributed by atoms with Crippen molar-refractivity contribution in [2.24, 2.45) is 5.92 Å². The third kappa shape index (κ3) is 5.05. The maximum Gasteiger partial charge on any atom is 0.251 e. The van der Waals surface area contributed by atoms with Gasteiger partial charge in [0.2, 0.25) is 5.91 Å². The largest absolute Gasteiger partial charge is 0.340 e. The topological polar surface area (TPSA) is 61.4 Å². The van der Waals surface area contributed by atoms with Gasteiger partial charge in [-0.15, -0.1) is 0 Å². The molecule has 0 spiro atoms. The van der Waals surface area contributed by atoms with Crippen LogP contribution in [0.25, 0.3) is 0 Å². The number of nitrogens with one attached hydrogen (secondary N) is 2. The Hall–Kier alpha value is -1.88. The molecule has 2 rings (SSSR count). The van der Waals surface area contributed by atoms with Gasteiger partial charge in [-0.05, 0) is 29.0 Å². The second-order valence-corrected chi connectivity index (χ2v) is 8.10. The van der Waals surface area contributed by atoms with Gasteiger partial charge in [-0.25, -0.2) is 0 Å². The lowest BCUT2D eigenvalue weighted by Gasteiger charge is -2.32. The fourth-order valence-electron chi connectivity index (χ4n) is 2.94. The molecule has 1 aliphatic rings. The number of hydrogen-bond acceptors (Lipinski definition) is 3. The van der Waals surface area contributed by atoms with E-state index in [0.29, 0.717) is 18.7 Å². The summed E-state index contributed by atoms with van der Waals surface area (Å²) in [6.07, 6.45) is 0. The quantitative estimate of drug-likeness (QED) is 0.879. The van der Waals surface area contributed by atoms with Gasteiger partial charge < -0.3 is 15.5 Å². The SMILES string of the molecule is CC(C)C(NC(=O)c1ccc(C(C)(C)C)cc1)C(=O)N1CCNCC1. The van der Waals surface area contributed by atoms with Crippen LogP contribution in [0.3, 0.4) is 0 Å². The molecule has 1 fully saturated rings. The first-order valence-corrected chi connectivity index (χ1v) is 9.11. The summed E-state index contributed by atoms with van der Waals surface area (Å²) in [7, 11) is 0. The van der Waals surface area contributed by atoms with E-state index < -0.39 is 6.04 Å². The Labute approximate surface area is 151 Å². The number of nitrogens with zero attached hydrogens (tertiary/aromatic N) is 1. The second-order valence-electron chi connectivity index (χ2n) is 8.10. The van der Waals surface area contributed by atoms with Gasteiger partial charge in [0.1, 0.15) is 6.04 Å². The number of carbonyl (C=O) groups excluding carboxylic acids is 2. The van der Waals surface area contributed by atoms with Crippen LogP contribution in [0.1, 0.15) is 50.5 Å². The molecule has 0 radical (unpaired) electrons. The molecule has 1 aromatic carbocycles. The minimum absolute atomic E-state index is 0.0103. The lowest BCUT2D eigenvalue weighted by molar-refractivity contribution is -0.134. The third-order valence-corrected chi connectivity index (χ3v) is 4.66. The smallest absolute Gasteiger partial charge is 0.251 e. The van der Waals surface area contributed by atoms with Gasteiger partial charge >= 0.3 is 0 Å². The van der Waals surface area contributed by atoms with Crippen molar-refractivity contribution in [1.29, 1.82) is 0 Å². The van der Waals surface area contributed by atoms with Crippen molar-refractivity contribution in [3.8, 4) is 0 Å². The molecule has 0 saturated carbocycles. The molecular weight excluding hydrogens is 314 g/mol. The first-order chi connectivity index (χ1) is 11.7. The number of hydrogen-bond donors (Lipinski definition) is 2. The molecule has 1 aromatic rings. The van der Waals surface area contributed by atoms with E-state index in [1.165, 1.54) is 5.56 Å². The molecule has 0 bridgehead atoms. The molecule has 0 aromatic heterocycles. The van der Waals surface area contributed by atoms with Crippen LogP contribution < -0.4 is 10.6 Å². The van der Waals surface area contributed by atoms with Crippen LogP contribution >= 0.6 is 0 Å². The fraction of sp³-hybridized carbons (Fsp3) is 0.600. The Balaban J connectivity index is 2.08. The Kier molecular flexibility index (Phi) is 6.22. The molecule has 0 aliphatic carbocycles. The van der Waals surface area contributed by atoms with Crippen LogP contribution in [-0.2, 0) is 10.2 Å². The Bertz CT molecular complexity index is 596. The van der Waals surface area contributed by atoms with E-state index in [2.05, 4.69) is 31.4 Å². The molecular formula is C20H31N3O2. The van der Waals surface area contributed by atoms with Gasteiger partial charge in [-0.3, -0.25) is 9.59 Å². The van der Waals surface area contributed by atoms with Gasteiger partial charge in [0.15, 0.2) is 0 Å². The van der Waals surface area contributed by atoms with Crippen molar-refractivity contribution >= 4 is 11.8 Å². The van der Waals surface area contributed by atoms with Gasteiger partial charge in [0, 0.05) is 31.7 Å². The number of piperazine rings is 1. The summed E-state index contributed by atoms with van der Waals surface area (Å²) in [4.78, 5) is 27.2. The van der Waals surface area contributed by atoms with Crippen LogP contribution in [0.2, 0.25) is 0 Å². The summed E-state index contributed by atoms with van der Waals surface area (Å²) in [6.45, 7) is 13.4. The van der Waals surface area contributed by atoms with E-state index in [9.17, 15) is 9.59 Å². The van der Waals surface area contributed by atoms with Crippen LogP contribution in [0.4, 0.5) is 0 Å². The molecule has 1 atom stereocenters. The van der Waals surface area contributed by atoms with Crippen molar-refractivity contribution in [1.82, 2.24) is 15.5 Å². The predicted molar refractivity (Wildman–Crippen MR) is 101 cm³/mol. The average molecular weight is 345 g/mol. The minimum Gasteiger partial charge on any atom is -0.340 e. The van der Waals surface area contributed by atoms with Crippen molar-refractivity contribution in [2.45, 2.75) is 46.1 Å². The number of carbonyl (C=O) groups is 2. The highest BCUT2D eigenvalue weighted by Gasteiger charge is 2.29. The summed E-state index contributed by atoms with van der Waals surface area (Å²) >= 11 is 0. The van der Waals surface area contributed by atoms with E-state index in [0.717, 1.165) is 13.1 Å². The lowest BCUT2D eigenvalue weighted by atomic mass is 9.86. The summed E-state index contributed by atoms with van der Waals surface area (Å²) in [5, 5.41) is 6.18. The molecule has 2 N–H and O–H groups in total. The summed E-state index contributed by atoms with van der Waals surface area (Å²) < 4.78 is 0.